The van der Waals surface area contributed by atoms with Crippen LogP contribution in [0, 0.1) is 0 Å². The Morgan fingerprint density at radius 3 is 1.02 bits per heavy atom. The highest BCUT2D eigenvalue weighted by Gasteiger charge is 2.23. The number of para-hydroxylation sites is 7. The molecule has 0 aliphatic heterocycles. The van der Waals surface area contributed by atoms with Crippen LogP contribution in [0.4, 0.5) is 0 Å². The first-order valence-corrected chi connectivity index (χ1v) is 22.3. The Hall–Kier alpha value is -8.80. The molecular formula is C60H36N4O. The standard InChI is InChI=1S/C60H36N4O/c1-8-22-49-40(15-1)41-16-2-9-23-50(41)61(49)37-29-31-55-47(33-37)44-19-5-10-24-51(44)62(55)38-30-32-56-48(34-38)45-20-6-11-25-52(45)63(56)39-35-57(60-46-21-7-14-28-58(46)65-59(60)36-39)64-53-26-12-3-17-42(53)43-18-4-13-27-54(43)64/h1-36H. The van der Waals surface area contributed by atoms with Gasteiger partial charge in [-0.15, -0.1) is 0 Å². The van der Waals surface area contributed by atoms with E-state index in [0.29, 0.717) is 0 Å². The van der Waals surface area contributed by atoms with Crippen molar-refractivity contribution in [1.29, 1.82) is 0 Å². The first kappa shape index (κ1) is 34.7. The topological polar surface area (TPSA) is 32.9 Å². The lowest BCUT2D eigenvalue weighted by molar-refractivity contribution is 0.668. The van der Waals surface area contributed by atoms with Gasteiger partial charge >= 0.3 is 0 Å². The number of hydrogen-bond donors (Lipinski definition) is 0. The summed E-state index contributed by atoms with van der Waals surface area (Å²) in [6.45, 7) is 0. The number of fused-ring (bicyclic) bond motifs is 15. The van der Waals surface area contributed by atoms with Gasteiger partial charge in [-0.3, -0.25) is 0 Å². The lowest BCUT2D eigenvalue weighted by Gasteiger charge is -2.15. The summed E-state index contributed by atoms with van der Waals surface area (Å²) >= 11 is 0. The molecule has 5 aromatic heterocycles. The highest BCUT2D eigenvalue weighted by atomic mass is 16.3. The van der Waals surface area contributed by atoms with Crippen molar-refractivity contribution < 1.29 is 4.42 Å². The summed E-state index contributed by atoms with van der Waals surface area (Å²) in [5.74, 6) is 0. The first-order chi connectivity index (χ1) is 32.3. The van der Waals surface area contributed by atoms with Crippen molar-refractivity contribution in [3.8, 4) is 22.7 Å². The predicted molar refractivity (Wildman–Crippen MR) is 271 cm³/mol. The molecule has 5 nitrogen and oxygen atoms in total. The van der Waals surface area contributed by atoms with Gasteiger partial charge in [-0.25, -0.2) is 0 Å². The Bertz CT molecular complexity index is 4380. The van der Waals surface area contributed by atoms with Crippen molar-refractivity contribution in [3.05, 3.63) is 218 Å². The third kappa shape index (κ3) is 4.71. The lowest BCUT2D eigenvalue weighted by atomic mass is 10.1. The molecule has 0 spiro atoms. The van der Waals surface area contributed by atoms with Crippen LogP contribution in [0.1, 0.15) is 0 Å². The molecule has 0 aliphatic carbocycles. The van der Waals surface area contributed by atoms with E-state index in [1.807, 2.05) is 0 Å². The van der Waals surface area contributed by atoms with Crippen molar-refractivity contribution in [3.63, 3.8) is 0 Å². The molecule has 0 N–H and O–H groups in total. The zero-order valence-corrected chi connectivity index (χ0v) is 35.0. The van der Waals surface area contributed by atoms with Gasteiger partial charge in [0.15, 0.2) is 0 Å². The zero-order chi connectivity index (χ0) is 42.3. The summed E-state index contributed by atoms with van der Waals surface area (Å²) in [7, 11) is 0. The first-order valence-electron chi connectivity index (χ1n) is 22.3. The van der Waals surface area contributed by atoms with Crippen LogP contribution >= 0.6 is 0 Å². The summed E-state index contributed by atoms with van der Waals surface area (Å²) in [4.78, 5) is 0. The molecule has 0 radical (unpaired) electrons. The van der Waals surface area contributed by atoms with Crippen LogP contribution in [0.25, 0.3) is 132 Å². The quantitative estimate of drug-likeness (QED) is 0.174. The van der Waals surface area contributed by atoms with Gasteiger partial charge in [0.05, 0.1) is 60.9 Å². The highest BCUT2D eigenvalue weighted by molar-refractivity contribution is 6.17. The fourth-order valence-electron chi connectivity index (χ4n) is 11.3. The Labute approximate surface area is 371 Å². The fourth-order valence-corrected chi connectivity index (χ4v) is 11.3. The zero-order valence-electron chi connectivity index (χ0n) is 35.0. The van der Waals surface area contributed by atoms with Crippen LogP contribution in [-0.2, 0) is 0 Å². The van der Waals surface area contributed by atoms with E-state index in [9.17, 15) is 0 Å². The molecule has 0 aliphatic rings. The third-order valence-corrected chi connectivity index (χ3v) is 13.9. The van der Waals surface area contributed by atoms with E-state index in [1.54, 1.807) is 0 Å². The van der Waals surface area contributed by atoms with E-state index in [0.717, 1.165) is 66.8 Å². The molecule has 0 saturated heterocycles. The van der Waals surface area contributed by atoms with Crippen molar-refractivity contribution in [2.24, 2.45) is 0 Å². The summed E-state index contributed by atoms with van der Waals surface area (Å²) in [6, 6.07) is 79.5. The molecular weight excluding hydrogens is 793 g/mol. The van der Waals surface area contributed by atoms with Crippen molar-refractivity contribution in [1.82, 2.24) is 18.3 Å². The Morgan fingerprint density at radius 1 is 0.231 bits per heavy atom. The van der Waals surface area contributed by atoms with E-state index in [-0.39, 0.29) is 0 Å². The van der Waals surface area contributed by atoms with Crippen molar-refractivity contribution >= 4 is 109 Å². The van der Waals surface area contributed by atoms with Gasteiger partial charge in [-0.1, -0.05) is 127 Å². The molecule has 5 heterocycles. The average molecular weight is 829 g/mol. The molecule has 15 rings (SSSR count). The molecule has 302 valence electrons. The van der Waals surface area contributed by atoms with Gasteiger partial charge in [0.1, 0.15) is 11.2 Å². The molecule has 65 heavy (non-hydrogen) atoms. The van der Waals surface area contributed by atoms with Crippen LogP contribution in [0.15, 0.2) is 223 Å². The second-order valence-electron chi connectivity index (χ2n) is 17.3. The minimum absolute atomic E-state index is 0.855. The second-order valence-corrected chi connectivity index (χ2v) is 17.3. The number of aromatic nitrogens is 4. The smallest absolute Gasteiger partial charge is 0.139 e. The number of furan rings is 1. The maximum atomic E-state index is 6.77. The summed E-state index contributed by atoms with van der Waals surface area (Å²) in [5, 5.41) is 12.0. The Balaban J connectivity index is 0.970. The van der Waals surface area contributed by atoms with Crippen molar-refractivity contribution in [2.45, 2.75) is 0 Å². The monoisotopic (exact) mass is 828 g/mol. The van der Waals surface area contributed by atoms with Crippen LogP contribution < -0.4 is 0 Å². The third-order valence-electron chi connectivity index (χ3n) is 13.9. The second kappa shape index (κ2) is 12.9. The van der Waals surface area contributed by atoms with Crippen LogP contribution in [0.2, 0.25) is 0 Å². The predicted octanol–water partition coefficient (Wildman–Crippen LogP) is 16.0. The van der Waals surface area contributed by atoms with Gasteiger partial charge in [-0.05, 0) is 84.9 Å². The minimum atomic E-state index is 0.855. The molecule has 0 atom stereocenters. The van der Waals surface area contributed by atoms with Crippen molar-refractivity contribution in [2.75, 3.05) is 0 Å². The van der Waals surface area contributed by atoms with Crippen LogP contribution in [-0.4, -0.2) is 18.3 Å². The van der Waals surface area contributed by atoms with Gasteiger partial charge in [0.2, 0.25) is 0 Å². The van der Waals surface area contributed by atoms with E-state index >= 15 is 0 Å². The van der Waals surface area contributed by atoms with E-state index in [4.69, 9.17) is 4.42 Å². The highest BCUT2D eigenvalue weighted by Crippen LogP contribution is 2.43. The van der Waals surface area contributed by atoms with Gasteiger partial charge in [0, 0.05) is 65.9 Å². The molecule has 0 saturated carbocycles. The summed E-state index contributed by atoms with van der Waals surface area (Å²) in [6.07, 6.45) is 0. The van der Waals surface area contributed by atoms with E-state index < -0.39 is 0 Å². The molecule has 0 bridgehead atoms. The SMILES string of the molecule is c1ccc2c(c1)oc1cc(-n3c4ccccc4c4cc(-n5c6ccccc6c6cc(-n7c8ccccc8c8ccccc87)ccc65)ccc43)cc(-n3c4ccccc4c4ccccc43)c12. The molecule has 0 unspecified atom stereocenters. The van der Waals surface area contributed by atoms with E-state index in [2.05, 4.69) is 237 Å². The molecule has 15 aromatic rings. The molecule has 10 aromatic carbocycles. The summed E-state index contributed by atoms with van der Waals surface area (Å²) in [5.41, 5.74) is 15.5. The average Bonchev–Trinajstić information content (AvgIpc) is 4.16. The maximum Gasteiger partial charge on any atom is 0.139 e. The van der Waals surface area contributed by atoms with E-state index in [1.165, 1.54) is 65.2 Å². The number of nitrogens with zero attached hydrogens (tertiary/aromatic N) is 4. The number of benzene rings is 10. The molecule has 5 heteroatoms. The van der Waals surface area contributed by atoms with Crippen LogP contribution in [0.5, 0.6) is 0 Å². The van der Waals surface area contributed by atoms with Gasteiger partial charge in [0.25, 0.3) is 0 Å². The Morgan fingerprint density at radius 2 is 0.569 bits per heavy atom. The molecule has 0 fully saturated rings. The Kier molecular flexibility index (Phi) is 6.89. The summed E-state index contributed by atoms with van der Waals surface area (Å²) < 4.78 is 16.5. The van der Waals surface area contributed by atoms with Gasteiger partial charge in [-0.2, -0.15) is 0 Å². The van der Waals surface area contributed by atoms with Gasteiger partial charge < -0.3 is 22.7 Å². The largest absolute Gasteiger partial charge is 0.456 e. The fraction of sp³-hybridized carbons (Fsp3) is 0. The minimum Gasteiger partial charge on any atom is -0.456 e. The maximum absolute atomic E-state index is 6.77. The number of rotatable bonds is 4. The molecule has 0 amide bonds. The number of hydrogen-bond acceptors (Lipinski definition) is 1. The normalized spacial score (nSPS) is 12.3. The van der Waals surface area contributed by atoms with Crippen LogP contribution in [0.3, 0.4) is 0 Å². The lowest BCUT2D eigenvalue weighted by Crippen LogP contribution is -2.00.